The number of piperazine rings is 1. The number of hydrogen-bond donors (Lipinski definition) is 1. The van der Waals surface area contributed by atoms with Crippen LogP contribution < -0.4 is 5.32 Å². The van der Waals surface area contributed by atoms with E-state index in [0.29, 0.717) is 5.56 Å². The van der Waals surface area contributed by atoms with Crippen molar-refractivity contribution in [3.63, 3.8) is 0 Å². The maximum Gasteiger partial charge on any atom is 0.255 e. The lowest BCUT2D eigenvalue weighted by Crippen LogP contribution is -2.43. The number of anilines is 1. The molecule has 1 N–H and O–H groups in total. The first-order chi connectivity index (χ1) is 12.8. The third kappa shape index (κ3) is 5.18. The molecule has 0 unspecified atom stereocenters. The fourth-order valence-corrected chi connectivity index (χ4v) is 3.47. The van der Waals surface area contributed by atoms with Crippen LogP contribution in [0.3, 0.4) is 0 Å². The van der Waals surface area contributed by atoms with Crippen molar-refractivity contribution in [3.05, 3.63) is 65.2 Å². The normalized spacial score (nSPS) is 16.3. The van der Waals surface area contributed by atoms with E-state index in [1.807, 2.05) is 30.3 Å². The molecular formula is C23H31N3O. The number of nitrogens with one attached hydrogen (secondary N) is 1. The third-order valence-electron chi connectivity index (χ3n) is 5.20. The average Bonchev–Trinajstić information content (AvgIpc) is 2.64. The largest absolute Gasteiger partial charge is 0.322 e. The van der Waals surface area contributed by atoms with Gasteiger partial charge >= 0.3 is 0 Å². The molecule has 1 heterocycles. The van der Waals surface area contributed by atoms with E-state index >= 15 is 0 Å². The first-order valence-corrected chi connectivity index (χ1v) is 9.73. The molecule has 0 radical (unpaired) electrons. The summed E-state index contributed by atoms with van der Waals surface area (Å²) < 4.78 is 0. The summed E-state index contributed by atoms with van der Waals surface area (Å²) in [4.78, 5) is 17.5. The number of amides is 1. The molecule has 1 aliphatic heterocycles. The SMILES string of the molecule is CN1CCN(Cc2ccc(C(=O)Nc3ccccc3C(C)(C)C)cc2)CC1. The van der Waals surface area contributed by atoms with Crippen LogP contribution in [0.15, 0.2) is 48.5 Å². The van der Waals surface area contributed by atoms with Crippen molar-refractivity contribution in [2.75, 3.05) is 38.5 Å². The van der Waals surface area contributed by atoms with Crippen LogP contribution in [-0.4, -0.2) is 48.9 Å². The highest BCUT2D eigenvalue weighted by molar-refractivity contribution is 6.04. The van der Waals surface area contributed by atoms with Gasteiger partial charge in [-0.15, -0.1) is 0 Å². The van der Waals surface area contributed by atoms with Gasteiger partial charge in [-0.05, 0) is 41.8 Å². The van der Waals surface area contributed by atoms with Gasteiger partial charge in [0, 0.05) is 44.0 Å². The van der Waals surface area contributed by atoms with E-state index in [4.69, 9.17) is 0 Å². The summed E-state index contributed by atoms with van der Waals surface area (Å²) in [5.74, 6) is -0.0575. The lowest BCUT2D eigenvalue weighted by Gasteiger charge is -2.32. The second kappa shape index (κ2) is 8.24. The zero-order valence-electron chi connectivity index (χ0n) is 17.0. The summed E-state index contributed by atoms with van der Waals surface area (Å²) in [6.45, 7) is 11.9. The minimum atomic E-state index is -0.0575. The number of likely N-dealkylation sites (N-methyl/N-ethyl adjacent to an activating group) is 1. The van der Waals surface area contributed by atoms with Crippen molar-refractivity contribution in [2.24, 2.45) is 0 Å². The van der Waals surface area contributed by atoms with Gasteiger partial charge < -0.3 is 10.2 Å². The molecule has 1 amide bonds. The molecule has 1 saturated heterocycles. The Bertz CT molecular complexity index is 769. The monoisotopic (exact) mass is 365 g/mol. The minimum absolute atomic E-state index is 0.0176. The summed E-state index contributed by atoms with van der Waals surface area (Å²) in [5.41, 5.74) is 3.96. The van der Waals surface area contributed by atoms with Crippen molar-refractivity contribution < 1.29 is 4.79 Å². The second-order valence-corrected chi connectivity index (χ2v) is 8.53. The van der Waals surface area contributed by atoms with Crippen LogP contribution >= 0.6 is 0 Å². The summed E-state index contributed by atoms with van der Waals surface area (Å²) in [7, 11) is 2.17. The average molecular weight is 366 g/mol. The predicted octanol–water partition coefficient (Wildman–Crippen LogP) is 3.98. The third-order valence-corrected chi connectivity index (χ3v) is 5.20. The fraction of sp³-hybridized carbons (Fsp3) is 0.435. The molecule has 4 nitrogen and oxygen atoms in total. The Hall–Kier alpha value is -2.17. The fourth-order valence-electron chi connectivity index (χ4n) is 3.47. The summed E-state index contributed by atoms with van der Waals surface area (Å²) in [6, 6.07) is 16.0. The quantitative estimate of drug-likeness (QED) is 0.890. The van der Waals surface area contributed by atoms with Crippen LogP contribution in [0.2, 0.25) is 0 Å². The first kappa shape index (κ1) is 19.6. The molecule has 1 fully saturated rings. The summed E-state index contributed by atoms with van der Waals surface area (Å²) >= 11 is 0. The van der Waals surface area contributed by atoms with Gasteiger partial charge in [0.05, 0.1) is 0 Å². The topological polar surface area (TPSA) is 35.6 Å². The Morgan fingerprint density at radius 2 is 1.59 bits per heavy atom. The Balaban J connectivity index is 1.65. The van der Waals surface area contributed by atoms with E-state index in [1.165, 1.54) is 5.56 Å². The number of carbonyl (C=O) groups excluding carboxylic acids is 1. The van der Waals surface area contributed by atoms with E-state index in [9.17, 15) is 4.79 Å². The number of benzene rings is 2. The van der Waals surface area contributed by atoms with Crippen LogP contribution in [0.4, 0.5) is 5.69 Å². The number of para-hydroxylation sites is 1. The van der Waals surface area contributed by atoms with Crippen LogP contribution in [0.5, 0.6) is 0 Å². The van der Waals surface area contributed by atoms with E-state index in [0.717, 1.165) is 44.0 Å². The molecule has 0 saturated carbocycles. The van der Waals surface area contributed by atoms with Crippen molar-refractivity contribution in [2.45, 2.75) is 32.7 Å². The Kier molecular flexibility index (Phi) is 5.98. The zero-order chi connectivity index (χ0) is 19.4. The minimum Gasteiger partial charge on any atom is -0.322 e. The van der Waals surface area contributed by atoms with Crippen LogP contribution in [-0.2, 0) is 12.0 Å². The molecule has 144 valence electrons. The summed E-state index contributed by atoms with van der Waals surface area (Å²) in [5, 5.41) is 3.08. The maximum absolute atomic E-state index is 12.7. The van der Waals surface area contributed by atoms with Crippen molar-refractivity contribution >= 4 is 11.6 Å². The van der Waals surface area contributed by atoms with Crippen LogP contribution in [0, 0.1) is 0 Å². The molecule has 2 aromatic carbocycles. The molecule has 4 heteroatoms. The van der Waals surface area contributed by atoms with E-state index in [2.05, 4.69) is 61.1 Å². The lowest BCUT2D eigenvalue weighted by atomic mass is 9.86. The van der Waals surface area contributed by atoms with E-state index in [1.54, 1.807) is 0 Å². The molecule has 0 spiro atoms. The Labute approximate surface area is 163 Å². The number of rotatable bonds is 4. The molecule has 0 aromatic heterocycles. The smallest absolute Gasteiger partial charge is 0.255 e. The van der Waals surface area contributed by atoms with E-state index in [-0.39, 0.29) is 11.3 Å². The highest BCUT2D eigenvalue weighted by Crippen LogP contribution is 2.29. The molecular weight excluding hydrogens is 334 g/mol. The van der Waals surface area contributed by atoms with Gasteiger partial charge in [0.1, 0.15) is 0 Å². The van der Waals surface area contributed by atoms with Crippen LogP contribution in [0.1, 0.15) is 42.3 Å². The highest BCUT2D eigenvalue weighted by atomic mass is 16.1. The molecule has 27 heavy (non-hydrogen) atoms. The molecule has 3 rings (SSSR count). The predicted molar refractivity (Wildman–Crippen MR) is 112 cm³/mol. The van der Waals surface area contributed by atoms with Gasteiger partial charge in [-0.2, -0.15) is 0 Å². The molecule has 0 bridgehead atoms. The van der Waals surface area contributed by atoms with Crippen molar-refractivity contribution in [3.8, 4) is 0 Å². The van der Waals surface area contributed by atoms with Gasteiger partial charge in [-0.3, -0.25) is 9.69 Å². The number of nitrogens with zero attached hydrogens (tertiary/aromatic N) is 2. The first-order valence-electron chi connectivity index (χ1n) is 9.73. The number of hydrogen-bond acceptors (Lipinski definition) is 3. The Morgan fingerprint density at radius 3 is 2.22 bits per heavy atom. The van der Waals surface area contributed by atoms with Crippen LogP contribution in [0.25, 0.3) is 0 Å². The molecule has 2 aromatic rings. The van der Waals surface area contributed by atoms with Crippen molar-refractivity contribution in [1.82, 2.24) is 9.80 Å². The van der Waals surface area contributed by atoms with Gasteiger partial charge in [0.15, 0.2) is 0 Å². The molecule has 0 aliphatic carbocycles. The van der Waals surface area contributed by atoms with E-state index < -0.39 is 0 Å². The van der Waals surface area contributed by atoms with Gasteiger partial charge in [-0.1, -0.05) is 51.1 Å². The van der Waals surface area contributed by atoms with Gasteiger partial charge in [-0.25, -0.2) is 0 Å². The zero-order valence-corrected chi connectivity index (χ0v) is 17.0. The Morgan fingerprint density at radius 1 is 0.963 bits per heavy atom. The lowest BCUT2D eigenvalue weighted by molar-refractivity contribution is 0.102. The maximum atomic E-state index is 12.7. The number of carbonyl (C=O) groups is 1. The van der Waals surface area contributed by atoms with Crippen molar-refractivity contribution in [1.29, 1.82) is 0 Å². The molecule has 1 aliphatic rings. The standard InChI is InChI=1S/C23H31N3O/c1-23(2,3)20-7-5-6-8-21(20)24-22(27)19-11-9-18(10-12-19)17-26-15-13-25(4)14-16-26/h5-12H,13-17H2,1-4H3,(H,24,27). The summed E-state index contributed by atoms with van der Waals surface area (Å²) in [6.07, 6.45) is 0. The van der Waals surface area contributed by atoms with Gasteiger partial charge in [0.2, 0.25) is 0 Å². The molecule has 0 atom stereocenters. The highest BCUT2D eigenvalue weighted by Gasteiger charge is 2.19. The second-order valence-electron chi connectivity index (χ2n) is 8.53. The van der Waals surface area contributed by atoms with Gasteiger partial charge in [0.25, 0.3) is 5.91 Å².